The Kier molecular flexibility index (Phi) is 5.41. The summed E-state index contributed by atoms with van der Waals surface area (Å²) in [5, 5.41) is 10.1. The average molecular weight is 261 g/mol. The maximum Gasteiger partial charge on any atom is 0.0632 e. The number of nitrogens with zero attached hydrogens (tertiary/aromatic N) is 1. The summed E-state index contributed by atoms with van der Waals surface area (Å²) in [5.74, 6) is 0. The summed E-state index contributed by atoms with van der Waals surface area (Å²) in [7, 11) is 0. The summed E-state index contributed by atoms with van der Waals surface area (Å²) >= 11 is 0. The molecule has 1 saturated heterocycles. The van der Waals surface area contributed by atoms with Crippen LogP contribution in [-0.4, -0.2) is 35.2 Å². The predicted molar refractivity (Wildman–Crippen MR) is 80.3 cm³/mol. The topological polar surface area (TPSA) is 23.5 Å². The molecule has 0 bridgehead atoms. The van der Waals surface area contributed by atoms with Crippen molar-refractivity contribution in [1.29, 1.82) is 0 Å². The SMILES string of the molecule is CC1(O)CCCN(CCCCc2ccccc2)CC1. The standard InChI is InChI=1S/C17H27NO/c1-17(19)11-7-14-18(15-12-17)13-6-5-10-16-8-3-2-4-9-16/h2-4,8-9,19H,5-7,10-15H2,1H3. The monoisotopic (exact) mass is 261 g/mol. The van der Waals surface area contributed by atoms with Gasteiger partial charge in [-0.1, -0.05) is 30.3 Å². The number of unbranched alkanes of at least 4 members (excludes halogenated alkanes) is 1. The van der Waals surface area contributed by atoms with Gasteiger partial charge in [-0.25, -0.2) is 0 Å². The molecule has 0 radical (unpaired) electrons. The molecule has 1 aromatic rings. The van der Waals surface area contributed by atoms with E-state index >= 15 is 0 Å². The van der Waals surface area contributed by atoms with Gasteiger partial charge in [-0.3, -0.25) is 0 Å². The fourth-order valence-electron chi connectivity index (χ4n) is 2.85. The first-order valence-electron chi connectivity index (χ1n) is 7.64. The summed E-state index contributed by atoms with van der Waals surface area (Å²) in [6.45, 7) is 5.37. The van der Waals surface area contributed by atoms with E-state index in [1.807, 2.05) is 6.92 Å². The average Bonchev–Trinajstić information content (AvgIpc) is 2.57. The molecule has 1 fully saturated rings. The minimum atomic E-state index is -0.432. The zero-order valence-electron chi connectivity index (χ0n) is 12.1. The summed E-state index contributed by atoms with van der Waals surface area (Å²) < 4.78 is 0. The highest BCUT2D eigenvalue weighted by Crippen LogP contribution is 2.21. The van der Waals surface area contributed by atoms with Gasteiger partial charge in [0, 0.05) is 6.54 Å². The molecule has 2 nitrogen and oxygen atoms in total. The Morgan fingerprint density at radius 2 is 1.89 bits per heavy atom. The van der Waals surface area contributed by atoms with Gasteiger partial charge >= 0.3 is 0 Å². The second-order valence-electron chi connectivity index (χ2n) is 6.13. The number of hydrogen-bond acceptors (Lipinski definition) is 2. The Morgan fingerprint density at radius 3 is 2.68 bits per heavy atom. The normalized spacial score (nSPS) is 25.2. The number of likely N-dealkylation sites (tertiary alicyclic amines) is 1. The second-order valence-corrected chi connectivity index (χ2v) is 6.13. The molecule has 1 atom stereocenters. The van der Waals surface area contributed by atoms with E-state index in [2.05, 4.69) is 35.2 Å². The Bertz CT molecular complexity index is 361. The van der Waals surface area contributed by atoms with Crippen molar-refractivity contribution < 1.29 is 5.11 Å². The molecule has 0 amide bonds. The largest absolute Gasteiger partial charge is 0.390 e. The van der Waals surface area contributed by atoms with Crippen molar-refractivity contribution in [3.05, 3.63) is 35.9 Å². The molecule has 2 heteroatoms. The van der Waals surface area contributed by atoms with Crippen LogP contribution in [-0.2, 0) is 6.42 Å². The Morgan fingerprint density at radius 1 is 1.11 bits per heavy atom. The van der Waals surface area contributed by atoms with Crippen molar-refractivity contribution in [2.45, 2.75) is 51.0 Å². The first-order valence-corrected chi connectivity index (χ1v) is 7.64. The molecular formula is C17H27NO. The van der Waals surface area contributed by atoms with Crippen LogP contribution in [0.3, 0.4) is 0 Å². The molecule has 106 valence electrons. The van der Waals surface area contributed by atoms with Crippen molar-refractivity contribution >= 4 is 0 Å². The highest BCUT2D eigenvalue weighted by Gasteiger charge is 2.24. The summed E-state index contributed by atoms with van der Waals surface area (Å²) in [5.41, 5.74) is 1.01. The Hall–Kier alpha value is -0.860. The Balaban J connectivity index is 1.63. The van der Waals surface area contributed by atoms with Gasteiger partial charge in [0.2, 0.25) is 0 Å². The summed E-state index contributed by atoms with van der Waals surface area (Å²) in [6.07, 6.45) is 6.71. The van der Waals surface area contributed by atoms with E-state index in [4.69, 9.17) is 0 Å². The van der Waals surface area contributed by atoms with E-state index in [-0.39, 0.29) is 0 Å². The molecule has 0 aliphatic carbocycles. The van der Waals surface area contributed by atoms with E-state index in [1.165, 1.54) is 31.4 Å². The third kappa shape index (κ3) is 5.33. The Labute approximate surface area is 117 Å². The van der Waals surface area contributed by atoms with Crippen LogP contribution in [0.1, 0.15) is 44.6 Å². The minimum absolute atomic E-state index is 0.432. The van der Waals surface area contributed by atoms with Crippen LogP contribution in [0.25, 0.3) is 0 Å². The number of aliphatic hydroxyl groups is 1. The van der Waals surface area contributed by atoms with Gasteiger partial charge < -0.3 is 10.0 Å². The molecule has 1 aliphatic heterocycles. The van der Waals surface area contributed by atoms with E-state index in [9.17, 15) is 5.11 Å². The molecule has 0 saturated carbocycles. The van der Waals surface area contributed by atoms with E-state index in [0.717, 1.165) is 32.4 Å². The molecule has 1 aromatic carbocycles. The summed E-state index contributed by atoms with van der Waals surface area (Å²) in [4.78, 5) is 2.52. The van der Waals surface area contributed by atoms with Gasteiger partial charge in [0.25, 0.3) is 0 Å². The van der Waals surface area contributed by atoms with Crippen molar-refractivity contribution in [3.63, 3.8) is 0 Å². The maximum absolute atomic E-state index is 10.1. The third-order valence-corrected chi connectivity index (χ3v) is 4.19. The van der Waals surface area contributed by atoms with Crippen LogP contribution in [0.5, 0.6) is 0 Å². The van der Waals surface area contributed by atoms with Gasteiger partial charge in [-0.15, -0.1) is 0 Å². The lowest BCUT2D eigenvalue weighted by Gasteiger charge is -2.22. The maximum atomic E-state index is 10.1. The lowest BCUT2D eigenvalue weighted by molar-refractivity contribution is 0.0446. The number of hydrogen-bond donors (Lipinski definition) is 1. The third-order valence-electron chi connectivity index (χ3n) is 4.19. The number of aryl methyl sites for hydroxylation is 1. The van der Waals surface area contributed by atoms with E-state index in [1.54, 1.807) is 0 Å². The van der Waals surface area contributed by atoms with Crippen LogP contribution in [0.4, 0.5) is 0 Å². The van der Waals surface area contributed by atoms with Crippen molar-refractivity contribution in [1.82, 2.24) is 4.90 Å². The fourth-order valence-corrected chi connectivity index (χ4v) is 2.85. The van der Waals surface area contributed by atoms with Crippen LogP contribution in [0.15, 0.2) is 30.3 Å². The number of benzene rings is 1. The van der Waals surface area contributed by atoms with Gasteiger partial charge in [-0.05, 0) is 64.1 Å². The molecule has 1 aliphatic rings. The zero-order chi connectivity index (χ0) is 13.6. The van der Waals surface area contributed by atoms with Crippen LogP contribution >= 0.6 is 0 Å². The number of rotatable bonds is 5. The molecule has 1 heterocycles. The molecule has 1 unspecified atom stereocenters. The quantitative estimate of drug-likeness (QED) is 0.823. The van der Waals surface area contributed by atoms with Gasteiger partial charge in [0.15, 0.2) is 0 Å². The van der Waals surface area contributed by atoms with E-state index < -0.39 is 5.60 Å². The predicted octanol–water partition coefficient (Wildman–Crippen LogP) is 3.25. The van der Waals surface area contributed by atoms with Crippen molar-refractivity contribution in [3.8, 4) is 0 Å². The fraction of sp³-hybridized carbons (Fsp3) is 0.647. The lowest BCUT2D eigenvalue weighted by Crippen LogP contribution is -2.29. The molecule has 2 rings (SSSR count). The van der Waals surface area contributed by atoms with Crippen LogP contribution < -0.4 is 0 Å². The first-order chi connectivity index (χ1) is 9.16. The van der Waals surface area contributed by atoms with Gasteiger partial charge in [0.05, 0.1) is 5.60 Å². The van der Waals surface area contributed by atoms with Crippen molar-refractivity contribution in [2.24, 2.45) is 0 Å². The van der Waals surface area contributed by atoms with Gasteiger partial charge in [-0.2, -0.15) is 0 Å². The summed E-state index contributed by atoms with van der Waals surface area (Å²) in [6, 6.07) is 10.7. The van der Waals surface area contributed by atoms with Crippen LogP contribution in [0.2, 0.25) is 0 Å². The van der Waals surface area contributed by atoms with Gasteiger partial charge in [0.1, 0.15) is 0 Å². The highest BCUT2D eigenvalue weighted by atomic mass is 16.3. The molecule has 19 heavy (non-hydrogen) atoms. The van der Waals surface area contributed by atoms with Crippen LogP contribution in [0, 0.1) is 0 Å². The molecular weight excluding hydrogens is 234 g/mol. The molecule has 1 N–H and O–H groups in total. The zero-order valence-corrected chi connectivity index (χ0v) is 12.1. The van der Waals surface area contributed by atoms with E-state index in [0.29, 0.717) is 0 Å². The highest BCUT2D eigenvalue weighted by molar-refractivity contribution is 5.14. The second kappa shape index (κ2) is 7.06. The first kappa shape index (κ1) is 14.5. The lowest BCUT2D eigenvalue weighted by atomic mass is 9.98. The smallest absolute Gasteiger partial charge is 0.0632 e. The molecule has 0 aromatic heterocycles. The minimum Gasteiger partial charge on any atom is -0.390 e. The molecule has 0 spiro atoms. The van der Waals surface area contributed by atoms with Crippen molar-refractivity contribution in [2.75, 3.05) is 19.6 Å².